The maximum absolute atomic E-state index is 12.7. The number of alkyl halides is 3. The number of piperidine rings is 1. The summed E-state index contributed by atoms with van der Waals surface area (Å²) in [6.07, 6.45) is 1.74. The van der Waals surface area contributed by atoms with E-state index in [4.69, 9.17) is 0 Å². The third-order valence-electron chi connectivity index (χ3n) is 5.21. The molecule has 0 aliphatic carbocycles. The van der Waals surface area contributed by atoms with E-state index in [9.17, 15) is 27.6 Å². The molecule has 1 atom stereocenters. The zero-order valence-corrected chi connectivity index (χ0v) is 15.5. The van der Waals surface area contributed by atoms with Crippen molar-refractivity contribution in [1.82, 2.24) is 14.8 Å². The van der Waals surface area contributed by atoms with E-state index in [1.807, 2.05) is 0 Å². The van der Waals surface area contributed by atoms with Gasteiger partial charge in [-0.25, -0.2) is 9.79 Å². The minimum Gasteiger partial charge on any atom is -0.338 e. The molecular formula is C19H16F3N5O3. The summed E-state index contributed by atoms with van der Waals surface area (Å²) in [4.78, 5) is 51.4. The largest absolute Gasteiger partial charge is 0.433 e. The van der Waals surface area contributed by atoms with E-state index < -0.39 is 41.7 Å². The first-order valence-corrected chi connectivity index (χ1v) is 9.24. The number of pyridine rings is 1. The number of dihydropyridines is 1. The van der Waals surface area contributed by atoms with Gasteiger partial charge in [0.2, 0.25) is 5.91 Å². The first kappa shape index (κ1) is 19.9. The molecule has 1 fully saturated rings. The number of imide groups is 1. The van der Waals surface area contributed by atoms with Crippen LogP contribution in [-0.2, 0) is 11.0 Å². The SMILES string of the molecule is O=C(c1ccc(C(F)(F)F)nc1)N1CCC(N2C(=O)N=C3N=CC=CC3C2=O)CC1. The van der Waals surface area contributed by atoms with Crippen LogP contribution in [-0.4, -0.2) is 63.8 Å². The van der Waals surface area contributed by atoms with Crippen LogP contribution in [0.3, 0.4) is 0 Å². The van der Waals surface area contributed by atoms with E-state index in [0.717, 1.165) is 23.2 Å². The maximum Gasteiger partial charge on any atom is 0.433 e. The lowest BCUT2D eigenvalue weighted by Gasteiger charge is -2.39. The van der Waals surface area contributed by atoms with Crippen LogP contribution in [0.2, 0.25) is 0 Å². The van der Waals surface area contributed by atoms with Crippen molar-refractivity contribution in [3.63, 3.8) is 0 Å². The summed E-state index contributed by atoms with van der Waals surface area (Å²) < 4.78 is 37.9. The fourth-order valence-corrected chi connectivity index (χ4v) is 3.67. The Balaban J connectivity index is 1.41. The Kier molecular flexibility index (Phi) is 4.96. The Labute approximate surface area is 168 Å². The Morgan fingerprint density at radius 3 is 2.50 bits per heavy atom. The number of nitrogens with zero attached hydrogens (tertiary/aromatic N) is 5. The minimum absolute atomic E-state index is 0.0472. The predicted octanol–water partition coefficient (Wildman–Crippen LogP) is 2.32. The second-order valence-electron chi connectivity index (χ2n) is 7.05. The number of urea groups is 1. The molecule has 4 amide bonds. The highest BCUT2D eigenvalue weighted by Gasteiger charge is 2.41. The molecule has 30 heavy (non-hydrogen) atoms. The number of rotatable bonds is 2. The van der Waals surface area contributed by atoms with Crippen LogP contribution < -0.4 is 0 Å². The van der Waals surface area contributed by atoms with Crippen LogP contribution in [0.1, 0.15) is 28.9 Å². The molecule has 0 radical (unpaired) electrons. The lowest BCUT2D eigenvalue weighted by Crippen LogP contribution is -2.54. The van der Waals surface area contributed by atoms with Gasteiger partial charge in [0.05, 0.1) is 5.56 Å². The van der Waals surface area contributed by atoms with Gasteiger partial charge in [0, 0.05) is 31.5 Å². The monoisotopic (exact) mass is 419 g/mol. The molecule has 1 aromatic heterocycles. The first-order chi connectivity index (χ1) is 14.3. The number of likely N-dealkylation sites (tertiary alicyclic amines) is 1. The van der Waals surface area contributed by atoms with Gasteiger partial charge >= 0.3 is 12.2 Å². The molecule has 3 aliphatic rings. The van der Waals surface area contributed by atoms with Gasteiger partial charge < -0.3 is 4.90 Å². The summed E-state index contributed by atoms with van der Waals surface area (Å²) >= 11 is 0. The number of carbonyl (C=O) groups excluding carboxylic acids is 3. The minimum atomic E-state index is -4.57. The highest BCUT2D eigenvalue weighted by molar-refractivity contribution is 6.19. The molecule has 1 aromatic rings. The highest BCUT2D eigenvalue weighted by Crippen LogP contribution is 2.28. The number of amidine groups is 1. The van der Waals surface area contributed by atoms with E-state index in [1.54, 1.807) is 12.2 Å². The van der Waals surface area contributed by atoms with Crippen LogP contribution in [0.15, 0.2) is 40.5 Å². The Hall–Kier alpha value is -3.37. The molecule has 8 nitrogen and oxygen atoms in total. The number of aromatic nitrogens is 1. The van der Waals surface area contributed by atoms with Crippen LogP contribution in [0.5, 0.6) is 0 Å². The molecule has 4 heterocycles. The molecule has 0 N–H and O–H groups in total. The molecule has 1 saturated heterocycles. The third kappa shape index (κ3) is 3.62. The average Bonchev–Trinajstić information content (AvgIpc) is 2.73. The Morgan fingerprint density at radius 2 is 1.87 bits per heavy atom. The summed E-state index contributed by atoms with van der Waals surface area (Å²) in [5.41, 5.74) is -1.02. The molecule has 11 heteroatoms. The van der Waals surface area contributed by atoms with E-state index in [1.165, 1.54) is 11.1 Å². The van der Waals surface area contributed by atoms with E-state index >= 15 is 0 Å². The smallest absolute Gasteiger partial charge is 0.338 e. The van der Waals surface area contributed by atoms with Crippen molar-refractivity contribution in [2.24, 2.45) is 15.9 Å². The topological polar surface area (TPSA) is 95.3 Å². The molecular weight excluding hydrogens is 403 g/mol. The molecule has 156 valence electrons. The molecule has 1 unspecified atom stereocenters. The second-order valence-corrected chi connectivity index (χ2v) is 7.05. The Bertz CT molecular complexity index is 976. The van der Waals surface area contributed by atoms with Crippen molar-refractivity contribution < 1.29 is 27.6 Å². The maximum atomic E-state index is 12.7. The third-order valence-corrected chi connectivity index (χ3v) is 5.21. The average molecular weight is 419 g/mol. The van der Waals surface area contributed by atoms with Gasteiger partial charge in [-0.3, -0.25) is 19.5 Å². The zero-order valence-electron chi connectivity index (χ0n) is 15.5. The fraction of sp³-hybridized carbons (Fsp3) is 0.368. The van der Waals surface area contributed by atoms with Crippen molar-refractivity contribution in [3.05, 3.63) is 41.7 Å². The van der Waals surface area contributed by atoms with Gasteiger partial charge in [0.15, 0.2) is 0 Å². The number of amides is 4. The number of fused-ring (bicyclic) bond motifs is 1. The van der Waals surface area contributed by atoms with Crippen LogP contribution in [0.4, 0.5) is 18.0 Å². The van der Waals surface area contributed by atoms with Crippen molar-refractivity contribution in [3.8, 4) is 0 Å². The quantitative estimate of drug-likeness (QED) is 0.735. The van der Waals surface area contributed by atoms with Gasteiger partial charge in [-0.05, 0) is 31.1 Å². The fourth-order valence-electron chi connectivity index (χ4n) is 3.67. The Morgan fingerprint density at radius 1 is 1.13 bits per heavy atom. The van der Waals surface area contributed by atoms with E-state index in [2.05, 4.69) is 15.0 Å². The van der Waals surface area contributed by atoms with Gasteiger partial charge in [-0.1, -0.05) is 6.08 Å². The summed E-state index contributed by atoms with van der Waals surface area (Å²) in [6, 6.07) is 0.773. The number of hydrogen-bond acceptors (Lipinski definition) is 5. The van der Waals surface area contributed by atoms with Crippen LogP contribution >= 0.6 is 0 Å². The van der Waals surface area contributed by atoms with Gasteiger partial charge in [0.1, 0.15) is 17.4 Å². The molecule has 0 bridgehead atoms. The molecule has 0 saturated carbocycles. The summed E-state index contributed by atoms with van der Waals surface area (Å²) in [7, 11) is 0. The van der Waals surface area contributed by atoms with Crippen LogP contribution in [0, 0.1) is 5.92 Å². The van der Waals surface area contributed by atoms with Crippen LogP contribution in [0.25, 0.3) is 0 Å². The van der Waals surface area contributed by atoms with Crippen molar-refractivity contribution in [2.75, 3.05) is 13.1 Å². The number of aliphatic imine (C=N–C) groups is 2. The predicted molar refractivity (Wildman–Crippen MR) is 99.0 cm³/mol. The van der Waals surface area contributed by atoms with Gasteiger partial charge in [-0.15, -0.1) is 0 Å². The summed E-state index contributed by atoms with van der Waals surface area (Å²) in [5.74, 6) is -1.36. The highest BCUT2D eigenvalue weighted by atomic mass is 19.4. The molecule has 4 rings (SSSR count). The van der Waals surface area contributed by atoms with Gasteiger partial charge in [0.25, 0.3) is 5.91 Å². The molecule has 0 aromatic carbocycles. The number of allylic oxidation sites excluding steroid dienone is 1. The zero-order chi connectivity index (χ0) is 21.5. The standard InChI is InChI=1S/C19H16F3N5O3/c20-19(21,22)14-4-3-11(10-24-14)16(28)26-8-5-12(6-9-26)27-17(29)13-2-1-7-23-15(13)25-18(27)30/h1-4,7,10,12-13H,5-6,8-9H2. The number of carbonyl (C=O) groups is 3. The van der Waals surface area contributed by atoms with E-state index in [0.29, 0.717) is 12.8 Å². The second kappa shape index (κ2) is 7.47. The molecule has 0 spiro atoms. The van der Waals surface area contributed by atoms with Gasteiger partial charge in [-0.2, -0.15) is 18.2 Å². The normalized spacial score (nSPS) is 22.2. The molecule has 3 aliphatic heterocycles. The lowest BCUT2D eigenvalue weighted by atomic mass is 9.97. The number of halogens is 3. The van der Waals surface area contributed by atoms with Crippen molar-refractivity contribution in [2.45, 2.75) is 25.1 Å². The van der Waals surface area contributed by atoms with E-state index in [-0.39, 0.29) is 24.5 Å². The summed E-state index contributed by atoms with van der Waals surface area (Å²) in [6.45, 7) is 0.494. The lowest BCUT2D eigenvalue weighted by molar-refractivity contribution is -0.141. The summed E-state index contributed by atoms with van der Waals surface area (Å²) in [5, 5.41) is 0. The van der Waals surface area contributed by atoms with Crippen molar-refractivity contribution >= 4 is 29.9 Å². The van der Waals surface area contributed by atoms with Crippen molar-refractivity contribution in [1.29, 1.82) is 0 Å². The first-order valence-electron chi connectivity index (χ1n) is 9.24. The number of hydrogen-bond donors (Lipinski definition) is 0.